The number of rotatable bonds is 4. The zero-order chi connectivity index (χ0) is 10.5. The van der Waals surface area contributed by atoms with Crippen LogP contribution in [0.1, 0.15) is 33.6 Å². The molecule has 0 aliphatic rings. The first-order chi connectivity index (χ1) is 5.84. The molecule has 0 aliphatic heterocycles. The number of aliphatic hydroxyl groups excluding tert-OH is 1. The number of carboxylic acid groups (broad SMARTS) is 1. The summed E-state index contributed by atoms with van der Waals surface area (Å²) in [6.45, 7) is 6.29. The van der Waals surface area contributed by atoms with Gasteiger partial charge in [0.25, 0.3) is 0 Å². The number of nitrogens with one attached hydrogen (secondary N) is 1. The van der Waals surface area contributed by atoms with Crippen molar-refractivity contribution in [3.63, 3.8) is 0 Å². The van der Waals surface area contributed by atoms with Gasteiger partial charge in [0, 0.05) is 6.54 Å². The van der Waals surface area contributed by atoms with Crippen LogP contribution in [0.4, 0.5) is 4.79 Å². The summed E-state index contributed by atoms with van der Waals surface area (Å²) in [6, 6.07) is 0. The largest absolute Gasteiger partial charge is 0.465 e. The summed E-state index contributed by atoms with van der Waals surface area (Å²) in [4.78, 5) is 10.1. The van der Waals surface area contributed by atoms with Crippen LogP contribution < -0.4 is 5.32 Å². The Hall–Kier alpha value is -0.770. The Kier molecular flexibility index (Phi) is 4.77. The van der Waals surface area contributed by atoms with E-state index in [-0.39, 0.29) is 11.5 Å². The molecule has 1 unspecified atom stereocenters. The molecule has 0 aromatic carbocycles. The van der Waals surface area contributed by atoms with Crippen molar-refractivity contribution in [2.45, 2.75) is 39.7 Å². The fraction of sp³-hybridized carbons (Fsp3) is 0.889. The molecule has 0 rings (SSSR count). The Balaban J connectivity index is 3.49. The summed E-state index contributed by atoms with van der Waals surface area (Å²) < 4.78 is 0. The minimum Gasteiger partial charge on any atom is -0.465 e. The second kappa shape index (κ2) is 5.07. The number of carbonyl (C=O) groups is 1. The fourth-order valence-electron chi connectivity index (χ4n) is 0.924. The SMILES string of the molecule is CC(C)(C)C(O)CCCNC(=O)O. The van der Waals surface area contributed by atoms with Crippen LogP contribution in [0.15, 0.2) is 0 Å². The third kappa shape index (κ3) is 6.40. The van der Waals surface area contributed by atoms with Crippen LogP contribution in [0, 0.1) is 5.41 Å². The minimum atomic E-state index is -1.01. The Morgan fingerprint density at radius 3 is 2.38 bits per heavy atom. The minimum absolute atomic E-state index is 0.122. The first-order valence-corrected chi connectivity index (χ1v) is 4.49. The second-order valence-corrected chi connectivity index (χ2v) is 4.26. The number of hydrogen-bond acceptors (Lipinski definition) is 2. The van der Waals surface area contributed by atoms with Crippen LogP contribution in [0.25, 0.3) is 0 Å². The van der Waals surface area contributed by atoms with Gasteiger partial charge in [0.15, 0.2) is 0 Å². The summed E-state index contributed by atoms with van der Waals surface area (Å²) in [7, 11) is 0. The molecule has 78 valence electrons. The molecule has 3 N–H and O–H groups in total. The Bertz CT molecular complexity index is 163. The highest BCUT2D eigenvalue weighted by Gasteiger charge is 2.21. The molecule has 4 nitrogen and oxygen atoms in total. The van der Waals surface area contributed by atoms with Crippen LogP contribution in [0.5, 0.6) is 0 Å². The van der Waals surface area contributed by atoms with Gasteiger partial charge in [-0.25, -0.2) is 4.79 Å². The molecule has 4 heteroatoms. The van der Waals surface area contributed by atoms with E-state index in [4.69, 9.17) is 5.11 Å². The van der Waals surface area contributed by atoms with Crippen molar-refractivity contribution in [3.8, 4) is 0 Å². The Morgan fingerprint density at radius 2 is 2.00 bits per heavy atom. The summed E-state index contributed by atoms with van der Waals surface area (Å²) in [5.41, 5.74) is -0.122. The lowest BCUT2D eigenvalue weighted by molar-refractivity contribution is 0.0540. The molecule has 0 saturated carbocycles. The molecule has 0 aromatic rings. The smallest absolute Gasteiger partial charge is 0.404 e. The lowest BCUT2D eigenvalue weighted by Crippen LogP contribution is -2.28. The molecule has 13 heavy (non-hydrogen) atoms. The predicted molar refractivity (Wildman–Crippen MR) is 50.7 cm³/mol. The molecule has 0 fully saturated rings. The lowest BCUT2D eigenvalue weighted by atomic mass is 9.86. The first-order valence-electron chi connectivity index (χ1n) is 4.49. The number of hydrogen-bond donors (Lipinski definition) is 3. The van der Waals surface area contributed by atoms with E-state index in [1.54, 1.807) is 0 Å². The number of amides is 1. The van der Waals surface area contributed by atoms with Gasteiger partial charge in [-0.1, -0.05) is 20.8 Å². The maximum absolute atomic E-state index is 10.1. The standard InChI is InChI=1S/C9H19NO3/c1-9(2,3)7(11)5-4-6-10-8(12)13/h7,10-11H,4-6H2,1-3H3,(H,12,13). The molecule has 0 aromatic heterocycles. The highest BCUT2D eigenvalue weighted by atomic mass is 16.4. The van der Waals surface area contributed by atoms with Gasteiger partial charge in [-0.15, -0.1) is 0 Å². The van der Waals surface area contributed by atoms with E-state index in [1.807, 2.05) is 20.8 Å². The summed E-state index contributed by atoms with van der Waals surface area (Å²) in [5, 5.41) is 20.1. The third-order valence-electron chi connectivity index (χ3n) is 1.93. The third-order valence-corrected chi connectivity index (χ3v) is 1.93. The van der Waals surface area contributed by atoms with Gasteiger partial charge >= 0.3 is 6.09 Å². The van der Waals surface area contributed by atoms with E-state index in [0.29, 0.717) is 19.4 Å². The van der Waals surface area contributed by atoms with Gasteiger partial charge < -0.3 is 15.5 Å². The highest BCUT2D eigenvalue weighted by Crippen LogP contribution is 2.22. The maximum atomic E-state index is 10.1. The van der Waals surface area contributed by atoms with E-state index in [1.165, 1.54) is 0 Å². The maximum Gasteiger partial charge on any atom is 0.404 e. The monoisotopic (exact) mass is 189 g/mol. The van der Waals surface area contributed by atoms with Crippen LogP contribution in [0.3, 0.4) is 0 Å². The van der Waals surface area contributed by atoms with Gasteiger partial charge in [-0.3, -0.25) is 0 Å². The molecule has 0 radical (unpaired) electrons. The quantitative estimate of drug-likeness (QED) is 0.586. The van der Waals surface area contributed by atoms with Crippen LogP contribution in [-0.2, 0) is 0 Å². The lowest BCUT2D eigenvalue weighted by Gasteiger charge is -2.25. The predicted octanol–water partition coefficient (Wildman–Crippen LogP) is 1.44. The molecule has 1 atom stereocenters. The summed E-state index contributed by atoms with van der Waals surface area (Å²) in [5.74, 6) is 0. The number of aliphatic hydroxyl groups is 1. The van der Waals surface area contributed by atoms with Gasteiger partial charge in [-0.2, -0.15) is 0 Å². The molecular formula is C9H19NO3. The van der Waals surface area contributed by atoms with Crippen molar-refractivity contribution in [1.29, 1.82) is 0 Å². The molecular weight excluding hydrogens is 170 g/mol. The van der Waals surface area contributed by atoms with Crippen LogP contribution in [-0.4, -0.2) is 29.0 Å². The highest BCUT2D eigenvalue weighted by molar-refractivity contribution is 5.64. The van der Waals surface area contributed by atoms with Crippen molar-refractivity contribution in [3.05, 3.63) is 0 Å². The topological polar surface area (TPSA) is 69.6 Å². The molecule has 1 amide bonds. The zero-order valence-corrected chi connectivity index (χ0v) is 8.50. The molecule has 0 saturated heterocycles. The first kappa shape index (κ1) is 12.2. The van der Waals surface area contributed by atoms with Gasteiger partial charge in [0.05, 0.1) is 6.10 Å². The Morgan fingerprint density at radius 1 is 1.46 bits per heavy atom. The summed E-state index contributed by atoms with van der Waals surface area (Å²) >= 11 is 0. The van der Waals surface area contributed by atoms with Crippen molar-refractivity contribution in [2.75, 3.05) is 6.54 Å². The average Bonchev–Trinajstić information content (AvgIpc) is 1.95. The van der Waals surface area contributed by atoms with Crippen molar-refractivity contribution in [2.24, 2.45) is 5.41 Å². The second-order valence-electron chi connectivity index (χ2n) is 4.26. The van der Waals surface area contributed by atoms with E-state index >= 15 is 0 Å². The molecule has 0 heterocycles. The van der Waals surface area contributed by atoms with Crippen LogP contribution >= 0.6 is 0 Å². The van der Waals surface area contributed by atoms with E-state index < -0.39 is 6.09 Å². The fourth-order valence-corrected chi connectivity index (χ4v) is 0.924. The summed E-state index contributed by atoms with van der Waals surface area (Å²) in [6.07, 6.45) is -0.0810. The average molecular weight is 189 g/mol. The van der Waals surface area contributed by atoms with Crippen LogP contribution in [0.2, 0.25) is 0 Å². The van der Waals surface area contributed by atoms with E-state index in [0.717, 1.165) is 0 Å². The normalized spacial score (nSPS) is 13.8. The van der Waals surface area contributed by atoms with Gasteiger partial charge in [0.1, 0.15) is 0 Å². The van der Waals surface area contributed by atoms with Crippen molar-refractivity contribution in [1.82, 2.24) is 5.32 Å². The van der Waals surface area contributed by atoms with Gasteiger partial charge in [0.2, 0.25) is 0 Å². The molecule has 0 spiro atoms. The Labute approximate surface area is 79.0 Å². The molecule has 0 bridgehead atoms. The van der Waals surface area contributed by atoms with E-state index in [2.05, 4.69) is 5.32 Å². The van der Waals surface area contributed by atoms with Crippen molar-refractivity contribution >= 4 is 6.09 Å². The van der Waals surface area contributed by atoms with Gasteiger partial charge in [-0.05, 0) is 18.3 Å². The molecule has 0 aliphatic carbocycles. The van der Waals surface area contributed by atoms with Crippen molar-refractivity contribution < 1.29 is 15.0 Å². The van der Waals surface area contributed by atoms with E-state index in [9.17, 15) is 9.90 Å². The zero-order valence-electron chi connectivity index (χ0n) is 8.50.